The molecule has 1 aliphatic rings. The van der Waals surface area contributed by atoms with Crippen molar-refractivity contribution in [3.63, 3.8) is 0 Å². The molecule has 1 aliphatic heterocycles. The number of imidazole rings is 1. The van der Waals surface area contributed by atoms with Crippen molar-refractivity contribution in [2.75, 3.05) is 0 Å². The zero-order valence-corrected chi connectivity index (χ0v) is 12.0. The highest BCUT2D eigenvalue weighted by Gasteiger charge is 2.36. The first-order valence-corrected chi connectivity index (χ1v) is 7.93. The molecule has 0 fully saturated rings. The quantitative estimate of drug-likeness (QED) is 0.861. The average Bonchev–Trinajstić information content (AvgIpc) is 2.91. The number of halogens is 2. The molecule has 0 radical (unpaired) electrons. The summed E-state index contributed by atoms with van der Waals surface area (Å²) in [6.07, 6.45) is 2.17. The molecule has 9 heteroatoms. The van der Waals surface area contributed by atoms with Crippen molar-refractivity contribution >= 4 is 15.9 Å². The second kappa shape index (κ2) is 5.16. The van der Waals surface area contributed by atoms with Gasteiger partial charge in [0.2, 0.25) is 10.0 Å². The highest BCUT2D eigenvalue weighted by Crippen LogP contribution is 2.26. The van der Waals surface area contributed by atoms with Crippen LogP contribution in [0.5, 0.6) is 0 Å². The van der Waals surface area contributed by atoms with Gasteiger partial charge in [-0.3, -0.25) is 9.36 Å². The van der Waals surface area contributed by atoms with Gasteiger partial charge in [0.05, 0.1) is 12.3 Å². The third kappa shape index (κ3) is 2.37. The van der Waals surface area contributed by atoms with Gasteiger partial charge in [0.25, 0.3) is 5.91 Å². The minimum absolute atomic E-state index is 0.189. The molecule has 1 aromatic heterocycles. The Hall–Kier alpha value is -2.29. The lowest BCUT2D eigenvalue weighted by atomic mass is 10.1. The monoisotopic (exact) mass is 327 g/mol. The Morgan fingerprint density at radius 1 is 1.27 bits per heavy atom. The maximum atomic E-state index is 12.8. The van der Waals surface area contributed by atoms with Crippen LogP contribution in [0, 0.1) is 0 Å². The predicted molar refractivity (Wildman–Crippen MR) is 72.4 cm³/mol. The molecule has 0 N–H and O–H groups in total. The Morgan fingerprint density at radius 3 is 2.73 bits per heavy atom. The minimum Gasteiger partial charge on any atom is -0.276 e. The highest BCUT2D eigenvalue weighted by atomic mass is 32.2. The molecule has 0 saturated heterocycles. The third-order valence-corrected chi connectivity index (χ3v) is 5.03. The summed E-state index contributed by atoms with van der Waals surface area (Å²) in [5, 5.41) is 0. The number of benzene rings is 1. The van der Waals surface area contributed by atoms with E-state index in [4.69, 9.17) is 0 Å². The number of carbonyl (C=O) groups is 1. The van der Waals surface area contributed by atoms with Crippen molar-refractivity contribution in [1.82, 2.24) is 13.9 Å². The SMILES string of the molecule is O=C1c2ccccc2CS(=O)(=O)N1Cc1nccn1C(F)F. The Morgan fingerprint density at radius 2 is 2.00 bits per heavy atom. The molecular weight excluding hydrogens is 316 g/mol. The van der Waals surface area contributed by atoms with Crippen molar-refractivity contribution in [2.45, 2.75) is 18.8 Å². The fraction of sp³-hybridized carbons (Fsp3) is 0.231. The average molecular weight is 327 g/mol. The van der Waals surface area contributed by atoms with Crippen LogP contribution in [-0.4, -0.2) is 28.2 Å². The Bertz CT molecular complexity index is 833. The normalized spacial score (nSPS) is 16.9. The van der Waals surface area contributed by atoms with Crippen LogP contribution in [-0.2, 0) is 22.3 Å². The van der Waals surface area contributed by atoms with E-state index in [1.807, 2.05) is 0 Å². The van der Waals surface area contributed by atoms with E-state index in [0.29, 0.717) is 14.4 Å². The van der Waals surface area contributed by atoms with E-state index in [9.17, 15) is 22.0 Å². The van der Waals surface area contributed by atoms with Crippen LogP contribution in [0.4, 0.5) is 8.78 Å². The van der Waals surface area contributed by atoms with Crippen molar-refractivity contribution < 1.29 is 22.0 Å². The lowest BCUT2D eigenvalue weighted by molar-refractivity contribution is 0.0636. The van der Waals surface area contributed by atoms with Gasteiger partial charge in [-0.25, -0.2) is 17.7 Å². The van der Waals surface area contributed by atoms with Crippen LogP contribution in [0.2, 0.25) is 0 Å². The molecule has 116 valence electrons. The number of amides is 1. The van der Waals surface area contributed by atoms with E-state index >= 15 is 0 Å². The Labute approximate surface area is 125 Å². The molecule has 3 rings (SSSR count). The van der Waals surface area contributed by atoms with Crippen LogP contribution < -0.4 is 0 Å². The number of aromatic nitrogens is 2. The first-order chi connectivity index (χ1) is 10.4. The highest BCUT2D eigenvalue weighted by molar-refractivity contribution is 7.89. The first kappa shape index (κ1) is 14.6. The Kier molecular flexibility index (Phi) is 3.44. The number of sulfonamides is 1. The van der Waals surface area contributed by atoms with E-state index in [-0.39, 0.29) is 17.1 Å². The molecule has 2 heterocycles. The number of fused-ring (bicyclic) bond motifs is 1. The van der Waals surface area contributed by atoms with Crippen molar-refractivity contribution in [2.24, 2.45) is 0 Å². The summed E-state index contributed by atoms with van der Waals surface area (Å²) < 4.78 is 51.2. The summed E-state index contributed by atoms with van der Waals surface area (Å²) >= 11 is 0. The van der Waals surface area contributed by atoms with Crippen LogP contribution in [0.1, 0.15) is 28.3 Å². The largest absolute Gasteiger partial charge is 0.319 e. The first-order valence-electron chi connectivity index (χ1n) is 6.32. The zero-order chi connectivity index (χ0) is 15.9. The molecule has 2 aromatic rings. The fourth-order valence-corrected chi connectivity index (χ4v) is 3.80. The third-order valence-electron chi connectivity index (χ3n) is 3.39. The smallest absolute Gasteiger partial charge is 0.276 e. The van der Waals surface area contributed by atoms with Gasteiger partial charge < -0.3 is 0 Å². The van der Waals surface area contributed by atoms with E-state index in [1.165, 1.54) is 6.07 Å². The van der Waals surface area contributed by atoms with Gasteiger partial charge in [-0.05, 0) is 11.6 Å². The van der Waals surface area contributed by atoms with Crippen LogP contribution in [0.3, 0.4) is 0 Å². The maximum absolute atomic E-state index is 12.8. The van der Waals surface area contributed by atoms with Gasteiger partial charge in [0.1, 0.15) is 5.82 Å². The summed E-state index contributed by atoms with van der Waals surface area (Å²) in [6.45, 7) is -3.38. The number of hydrogen-bond acceptors (Lipinski definition) is 4. The van der Waals surface area contributed by atoms with E-state index in [0.717, 1.165) is 12.4 Å². The summed E-state index contributed by atoms with van der Waals surface area (Å²) in [5.74, 6) is -1.26. The number of rotatable bonds is 3. The molecular formula is C13H11F2N3O3S. The lowest BCUT2D eigenvalue weighted by Gasteiger charge is -2.27. The lowest BCUT2D eigenvalue weighted by Crippen LogP contribution is -2.42. The molecule has 0 unspecified atom stereocenters. The molecule has 0 saturated carbocycles. The van der Waals surface area contributed by atoms with Gasteiger partial charge in [-0.2, -0.15) is 8.78 Å². The molecule has 1 amide bonds. The minimum atomic E-state index is -3.92. The molecule has 0 bridgehead atoms. The fourth-order valence-electron chi connectivity index (χ4n) is 2.33. The van der Waals surface area contributed by atoms with Crippen molar-refractivity contribution in [3.8, 4) is 0 Å². The maximum Gasteiger partial charge on any atom is 0.319 e. The van der Waals surface area contributed by atoms with Gasteiger partial charge in [0, 0.05) is 18.0 Å². The predicted octanol–water partition coefficient (Wildman–Crippen LogP) is 1.76. The van der Waals surface area contributed by atoms with Crippen LogP contribution >= 0.6 is 0 Å². The number of alkyl halides is 2. The van der Waals surface area contributed by atoms with Crippen LogP contribution in [0.25, 0.3) is 0 Å². The summed E-state index contributed by atoms with van der Waals surface area (Å²) in [5.41, 5.74) is 0.661. The van der Waals surface area contributed by atoms with E-state index in [2.05, 4.69) is 4.98 Å². The van der Waals surface area contributed by atoms with Gasteiger partial charge >= 0.3 is 6.55 Å². The molecule has 0 spiro atoms. The number of carbonyl (C=O) groups excluding carboxylic acids is 1. The summed E-state index contributed by atoms with van der Waals surface area (Å²) in [7, 11) is -3.92. The zero-order valence-electron chi connectivity index (χ0n) is 11.2. The second-order valence-electron chi connectivity index (χ2n) is 4.75. The summed E-state index contributed by atoms with van der Waals surface area (Å²) in [6, 6.07) is 6.33. The van der Waals surface area contributed by atoms with E-state index < -0.39 is 29.0 Å². The molecule has 22 heavy (non-hydrogen) atoms. The number of nitrogens with zero attached hydrogens (tertiary/aromatic N) is 3. The second-order valence-corrected chi connectivity index (χ2v) is 6.65. The number of hydrogen-bond donors (Lipinski definition) is 0. The molecule has 6 nitrogen and oxygen atoms in total. The Balaban J connectivity index is 2.00. The summed E-state index contributed by atoms with van der Waals surface area (Å²) in [4.78, 5) is 16.1. The molecule has 0 aliphatic carbocycles. The van der Waals surface area contributed by atoms with Crippen molar-refractivity contribution in [3.05, 3.63) is 53.6 Å². The molecule has 0 atom stereocenters. The van der Waals surface area contributed by atoms with Gasteiger partial charge in [-0.1, -0.05) is 18.2 Å². The molecule has 1 aromatic carbocycles. The van der Waals surface area contributed by atoms with Gasteiger partial charge in [-0.15, -0.1) is 0 Å². The van der Waals surface area contributed by atoms with Crippen LogP contribution in [0.15, 0.2) is 36.7 Å². The van der Waals surface area contributed by atoms with E-state index in [1.54, 1.807) is 18.2 Å². The van der Waals surface area contributed by atoms with Gasteiger partial charge in [0.15, 0.2) is 0 Å². The van der Waals surface area contributed by atoms with Crippen molar-refractivity contribution in [1.29, 1.82) is 0 Å². The standard InChI is InChI=1S/C13H11F2N3O3S/c14-13(15)17-6-5-16-11(17)7-18-12(19)10-4-2-1-3-9(10)8-22(18,20)21/h1-6,13H,7-8H2. The topological polar surface area (TPSA) is 72.3 Å².